The van der Waals surface area contributed by atoms with Crippen molar-refractivity contribution < 1.29 is 26.4 Å². The summed E-state index contributed by atoms with van der Waals surface area (Å²) >= 11 is 0. The quantitative estimate of drug-likeness (QED) is 0.344. The Bertz CT molecular complexity index is 1340. The molecule has 0 aliphatic rings. The lowest BCUT2D eigenvalue weighted by molar-refractivity contribution is -0.138. The number of carbonyl (C=O) groups excluding carboxylic acids is 1. The molecule has 3 aromatic rings. The molecule has 3 N–H and O–H groups in total. The molecule has 0 aliphatic heterocycles. The van der Waals surface area contributed by atoms with Crippen molar-refractivity contribution in [2.45, 2.75) is 19.6 Å². The number of guanidine groups is 1. The molecular weight excluding hydrogens is 483 g/mol. The minimum Gasteiger partial charge on any atom is -0.311 e. The zero-order valence-electron chi connectivity index (χ0n) is 18.7. The summed E-state index contributed by atoms with van der Waals surface area (Å²) in [6, 6.07) is 16.0. The number of nitrogens with zero attached hydrogens (tertiary/aromatic N) is 2. The molecule has 8 nitrogen and oxygen atoms in total. The van der Waals surface area contributed by atoms with E-state index in [1.807, 2.05) is 6.92 Å². The predicted molar refractivity (Wildman–Crippen MR) is 128 cm³/mol. The van der Waals surface area contributed by atoms with E-state index in [1.165, 1.54) is 36.4 Å². The van der Waals surface area contributed by atoms with Gasteiger partial charge in [-0.25, -0.2) is 18.4 Å². The Morgan fingerprint density at radius 2 is 1.63 bits per heavy atom. The molecule has 184 valence electrons. The highest BCUT2D eigenvalue weighted by atomic mass is 32.2. The van der Waals surface area contributed by atoms with Crippen LogP contribution in [0.25, 0.3) is 0 Å². The Hall–Kier alpha value is -3.93. The van der Waals surface area contributed by atoms with Gasteiger partial charge in [0.05, 0.1) is 18.4 Å². The number of aliphatic imine (C=N–C) groups is 1. The topological polar surface area (TPSA) is 113 Å². The molecule has 0 unspecified atom stereocenters. The van der Waals surface area contributed by atoms with Crippen LogP contribution in [0.1, 0.15) is 27.0 Å². The number of benzene rings is 2. The van der Waals surface area contributed by atoms with Crippen LogP contribution >= 0.6 is 0 Å². The fraction of sp³-hybridized carbons (Fsp3) is 0.174. The van der Waals surface area contributed by atoms with E-state index in [1.54, 1.807) is 24.3 Å². The molecular formula is C23H22F3N5O3S. The molecule has 2 aromatic carbocycles. The van der Waals surface area contributed by atoms with Gasteiger partial charge in [-0.1, -0.05) is 42.0 Å². The predicted octanol–water partition coefficient (Wildman–Crippen LogP) is 4.18. The summed E-state index contributed by atoms with van der Waals surface area (Å²) in [6.07, 6.45) is -3.61. The van der Waals surface area contributed by atoms with Crippen molar-refractivity contribution in [3.8, 4) is 0 Å². The smallest absolute Gasteiger partial charge is 0.311 e. The number of alkyl halides is 3. The maximum atomic E-state index is 13.4. The molecule has 1 aromatic heterocycles. The fourth-order valence-corrected chi connectivity index (χ4v) is 3.46. The number of pyridine rings is 1. The van der Waals surface area contributed by atoms with Gasteiger partial charge < -0.3 is 5.32 Å². The number of sulfonamides is 1. The van der Waals surface area contributed by atoms with Crippen molar-refractivity contribution in [3.63, 3.8) is 0 Å². The lowest BCUT2D eigenvalue weighted by Gasteiger charge is -2.14. The number of aryl methyl sites for hydroxylation is 1. The lowest BCUT2D eigenvalue weighted by atomic mass is 10.1. The van der Waals surface area contributed by atoms with Crippen LogP contribution in [0.2, 0.25) is 0 Å². The Labute approximate surface area is 200 Å². The molecule has 0 bridgehead atoms. The number of amides is 1. The first kappa shape index (κ1) is 25.7. The van der Waals surface area contributed by atoms with Crippen molar-refractivity contribution in [2.75, 3.05) is 16.3 Å². The average Bonchev–Trinajstić information content (AvgIpc) is 2.76. The third-order valence-corrected chi connectivity index (χ3v) is 5.14. The fourth-order valence-electron chi connectivity index (χ4n) is 2.97. The summed E-state index contributed by atoms with van der Waals surface area (Å²) in [5.41, 5.74) is 0.313. The van der Waals surface area contributed by atoms with Gasteiger partial charge in [0.2, 0.25) is 16.0 Å². The number of nitrogens with one attached hydrogen (secondary N) is 3. The third-order valence-electron chi connectivity index (χ3n) is 4.56. The SMILES string of the molecule is Cc1ccc(C(=O)NC(=NCc2ccccc2C(F)(F)F)Nc2cccc(NS(C)(=O)=O)n2)cc1. The molecule has 0 spiro atoms. The van der Waals surface area contributed by atoms with Crippen LogP contribution in [0.5, 0.6) is 0 Å². The van der Waals surface area contributed by atoms with E-state index in [0.717, 1.165) is 17.9 Å². The first-order valence-electron chi connectivity index (χ1n) is 10.2. The number of hydrogen-bond acceptors (Lipinski definition) is 5. The van der Waals surface area contributed by atoms with E-state index < -0.39 is 34.2 Å². The van der Waals surface area contributed by atoms with Gasteiger partial charge in [0.25, 0.3) is 5.91 Å². The lowest BCUT2D eigenvalue weighted by Crippen LogP contribution is -2.36. The standard InChI is InChI=1S/C23H22F3N5O3S/c1-15-10-12-16(13-11-15)21(32)30-22(27-14-17-6-3-4-7-18(17)23(24,25)26)29-19-8-5-9-20(28-19)31-35(2,33)34/h3-13H,14H2,1-2H3,(H3,27,28,29,30,31,32). The summed E-state index contributed by atoms with van der Waals surface area (Å²) in [5.74, 6) is -0.614. The second-order valence-electron chi connectivity index (χ2n) is 7.55. The largest absolute Gasteiger partial charge is 0.416 e. The highest BCUT2D eigenvalue weighted by Gasteiger charge is 2.32. The number of hydrogen-bond donors (Lipinski definition) is 3. The van der Waals surface area contributed by atoms with E-state index in [-0.39, 0.29) is 23.2 Å². The number of halogens is 3. The molecule has 35 heavy (non-hydrogen) atoms. The van der Waals surface area contributed by atoms with E-state index >= 15 is 0 Å². The van der Waals surface area contributed by atoms with Crippen LogP contribution in [0, 0.1) is 6.92 Å². The molecule has 1 amide bonds. The van der Waals surface area contributed by atoms with Crippen molar-refractivity contribution >= 4 is 33.5 Å². The van der Waals surface area contributed by atoms with Gasteiger partial charge in [-0.05, 0) is 42.8 Å². The van der Waals surface area contributed by atoms with Crippen molar-refractivity contribution in [2.24, 2.45) is 4.99 Å². The molecule has 0 fully saturated rings. The zero-order chi connectivity index (χ0) is 25.6. The molecule has 0 radical (unpaired) electrons. The molecule has 0 saturated carbocycles. The average molecular weight is 506 g/mol. The second-order valence-corrected chi connectivity index (χ2v) is 9.30. The summed E-state index contributed by atoms with van der Waals surface area (Å²) in [4.78, 5) is 21.0. The van der Waals surface area contributed by atoms with Gasteiger partial charge in [-0.15, -0.1) is 0 Å². The zero-order valence-corrected chi connectivity index (χ0v) is 19.5. The summed E-state index contributed by atoms with van der Waals surface area (Å²) < 4.78 is 65.3. The summed E-state index contributed by atoms with van der Waals surface area (Å²) in [6.45, 7) is 1.46. The van der Waals surface area contributed by atoms with Gasteiger partial charge in [0.1, 0.15) is 11.6 Å². The van der Waals surface area contributed by atoms with Crippen LogP contribution in [0.3, 0.4) is 0 Å². The summed E-state index contributed by atoms with van der Waals surface area (Å²) in [7, 11) is -3.59. The van der Waals surface area contributed by atoms with Crippen LogP contribution < -0.4 is 15.4 Å². The van der Waals surface area contributed by atoms with Gasteiger partial charge in [-0.2, -0.15) is 13.2 Å². The number of anilines is 2. The second kappa shape index (κ2) is 10.6. The normalized spacial score (nSPS) is 12.2. The highest BCUT2D eigenvalue weighted by Crippen LogP contribution is 2.32. The monoisotopic (exact) mass is 505 g/mol. The van der Waals surface area contributed by atoms with Crippen molar-refractivity contribution in [3.05, 3.63) is 89.0 Å². The minimum atomic E-state index is -4.57. The van der Waals surface area contributed by atoms with Crippen molar-refractivity contribution in [1.29, 1.82) is 0 Å². The Kier molecular flexibility index (Phi) is 7.75. The van der Waals surface area contributed by atoms with Gasteiger partial charge in [-0.3, -0.25) is 14.8 Å². The highest BCUT2D eigenvalue weighted by molar-refractivity contribution is 7.92. The molecule has 0 atom stereocenters. The van der Waals surface area contributed by atoms with E-state index in [9.17, 15) is 26.4 Å². The molecule has 3 rings (SSSR count). The van der Waals surface area contributed by atoms with Crippen LogP contribution in [0.15, 0.2) is 71.7 Å². The first-order chi connectivity index (χ1) is 16.4. The number of carbonyl (C=O) groups is 1. The number of aromatic nitrogens is 1. The first-order valence-corrected chi connectivity index (χ1v) is 12.1. The molecule has 0 aliphatic carbocycles. The van der Waals surface area contributed by atoms with Crippen LogP contribution in [0.4, 0.5) is 24.8 Å². The Morgan fingerprint density at radius 3 is 2.29 bits per heavy atom. The van der Waals surface area contributed by atoms with Gasteiger partial charge in [0.15, 0.2) is 0 Å². The van der Waals surface area contributed by atoms with Gasteiger partial charge in [0, 0.05) is 5.56 Å². The van der Waals surface area contributed by atoms with Gasteiger partial charge >= 0.3 is 6.18 Å². The van der Waals surface area contributed by atoms with E-state index in [0.29, 0.717) is 5.56 Å². The maximum absolute atomic E-state index is 13.4. The van der Waals surface area contributed by atoms with Crippen LogP contribution in [-0.2, 0) is 22.7 Å². The molecule has 0 saturated heterocycles. The molecule has 12 heteroatoms. The van der Waals surface area contributed by atoms with E-state index in [4.69, 9.17) is 0 Å². The van der Waals surface area contributed by atoms with E-state index in [2.05, 4.69) is 25.3 Å². The Morgan fingerprint density at radius 1 is 0.971 bits per heavy atom. The summed E-state index contributed by atoms with van der Waals surface area (Å²) in [5, 5.41) is 5.27. The molecule has 1 heterocycles. The number of rotatable bonds is 6. The Balaban J connectivity index is 1.91. The minimum absolute atomic E-state index is 0.00382. The van der Waals surface area contributed by atoms with Crippen molar-refractivity contribution in [1.82, 2.24) is 10.3 Å². The van der Waals surface area contributed by atoms with Crippen LogP contribution in [-0.4, -0.2) is 31.5 Å². The third kappa shape index (κ3) is 7.81. The maximum Gasteiger partial charge on any atom is 0.416 e.